The molecule has 1 aliphatic heterocycles. The van der Waals surface area contributed by atoms with E-state index in [9.17, 15) is 15.2 Å². The predicted molar refractivity (Wildman–Crippen MR) is 117 cm³/mol. The molecule has 3 aromatic rings. The molecule has 0 radical (unpaired) electrons. The van der Waals surface area contributed by atoms with Crippen molar-refractivity contribution in [1.82, 2.24) is 15.0 Å². The van der Waals surface area contributed by atoms with Crippen LogP contribution in [0.2, 0.25) is 0 Å². The summed E-state index contributed by atoms with van der Waals surface area (Å²) in [6.07, 6.45) is 3.56. The minimum Gasteiger partial charge on any atom is -0.391 e. The summed E-state index contributed by atoms with van der Waals surface area (Å²) < 4.78 is 0. The normalized spacial score (nSPS) is 15.4. The lowest BCUT2D eigenvalue weighted by Crippen LogP contribution is -2.22. The summed E-state index contributed by atoms with van der Waals surface area (Å²) in [4.78, 5) is 26.1. The molecular weight excluding hydrogens is 394 g/mol. The minimum absolute atomic E-state index is 0.187. The second-order valence-corrected chi connectivity index (χ2v) is 7.24. The Labute approximate surface area is 179 Å². The van der Waals surface area contributed by atoms with Crippen LogP contribution < -0.4 is 15.5 Å². The predicted octanol–water partition coefficient (Wildman–Crippen LogP) is 2.68. The van der Waals surface area contributed by atoms with Crippen LogP contribution in [0, 0.1) is 11.3 Å². The summed E-state index contributed by atoms with van der Waals surface area (Å²) >= 11 is 0. The topological polar surface area (TPSA) is 127 Å². The Bertz CT molecular complexity index is 1140. The van der Waals surface area contributed by atoms with E-state index in [2.05, 4.69) is 31.7 Å². The van der Waals surface area contributed by atoms with Crippen molar-refractivity contribution in [2.75, 3.05) is 28.6 Å². The van der Waals surface area contributed by atoms with E-state index in [4.69, 9.17) is 0 Å². The SMILES string of the molecule is CC(=O)Nc1ccc(Nc2nccc(-c3ccc(N4CC[C@@H](O)C4)c(C#N)c3)n2)cn1. The molecule has 9 nitrogen and oxygen atoms in total. The van der Waals surface area contributed by atoms with Crippen molar-refractivity contribution >= 4 is 29.0 Å². The maximum absolute atomic E-state index is 11.1. The Morgan fingerprint density at radius 3 is 2.81 bits per heavy atom. The van der Waals surface area contributed by atoms with E-state index in [1.807, 2.05) is 17.0 Å². The molecule has 3 N–H and O–H groups in total. The standard InChI is InChI=1S/C22H21N7O2/c1-14(30)26-21-5-3-17(12-25-21)27-22-24-8-6-19(28-22)15-2-4-20(16(10-15)11-23)29-9-7-18(31)13-29/h2-6,8,10,12,18,31H,7,9,13H2,1H3,(H,24,27,28)(H,25,26,30)/t18-/m1/s1. The zero-order chi connectivity index (χ0) is 21.8. The number of hydrogen-bond donors (Lipinski definition) is 3. The van der Waals surface area contributed by atoms with E-state index in [-0.39, 0.29) is 12.0 Å². The summed E-state index contributed by atoms with van der Waals surface area (Å²) in [5.74, 6) is 0.659. The van der Waals surface area contributed by atoms with Gasteiger partial charge in [0.2, 0.25) is 11.9 Å². The quantitative estimate of drug-likeness (QED) is 0.580. The summed E-state index contributed by atoms with van der Waals surface area (Å²) in [7, 11) is 0. The number of carbonyl (C=O) groups excluding carboxylic acids is 1. The van der Waals surface area contributed by atoms with Crippen LogP contribution in [0.4, 0.5) is 23.1 Å². The van der Waals surface area contributed by atoms with E-state index < -0.39 is 0 Å². The van der Waals surface area contributed by atoms with Crippen molar-refractivity contribution in [3.05, 3.63) is 54.4 Å². The third-order valence-electron chi connectivity index (χ3n) is 4.90. The molecule has 1 fully saturated rings. The number of anilines is 4. The molecule has 3 heterocycles. The van der Waals surface area contributed by atoms with Gasteiger partial charge in [0.1, 0.15) is 11.9 Å². The lowest BCUT2D eigenvalue weighted by atomic mass is 10.1. The van der Waals surface area contributed by atoms with Crippen LogP contribution in [0.15, 0.2) is 48.8 Å². The molecule has 2 aromatic heterocycles. The minimum atomic E-state index is -0.358. The van der Waals surface area contributed by atoms with Crippen molar-refractivity contribution in [2.24, 2.45) is 0 Å². The average Bonchev–Trinajstić information content (AvgIpc) is 3.20. The number of benzene rings is 1. The number of rotatable bonds is 5. The molecule has 0 unspecified atom stereocenters. The van der Waals surface area contributed by atoms with Crippen LogP contribution in [-0.2, 0) is 4.79 Å². The van der Waals surface area contributed by atoms with Crippen LogP contribution in [0.25, 0.3) is 11.3 Å². The highest BCUT2D eigenvalue weighted by Gasteiger charge is 2.22. The fourth-order valence-electron chi connectivity index (χ4n) is 3.45. The number of nitrogens with one attached hydrogen (secondary N) is 2. The summed E-state index contributed by atoms with van der Waals surface area (Å²) in [5, 5.41) is 25.1. The first kappa shape index (κ1) is 20.3. The van der Waals surface area contributed by atoms with E-state index in [0.717, 1.165) is 17.8 Å². The van der Waals surface area contributed by atoms with Gasteiger partial charge in [-0.3, -0.25) is 4.79 Å². The van der Waals surface area contributed by atoms with Crippen molar-refractivity contribution in [3.63, 3.8) is 0 Å². The third-order valence-corrected chi connectivity index (χ3v) is 4.90. The van der Waals surface area contributed by atoms with E-state index >= 15 is 0 Å². The van der Waals surface area contributed by atoms with Crippen molar-refractivity contribution < 1.29 is 9.90 Å². The van der Waals surface area contributed by atoms with Gasteiger partial charge < -0.3 is 20.6 Å². The lowest BCUT2D eigenvalue weighted by molar-refractivity contribution is -0.114. The van der Waals surface area contributed by atoms with Gasteiger partial charge in [0.25, 0.3) is 0 Å². The van der Waals surface area contributed by atoms with Crippen LogP contribution in [0.3, 0.4) is 0 Å². The van der Waals surface area contributed by atoms with Crippen molar-refractivity contribution in [2.45, 2.75) is 19.4 Å². The number of nitrogens with zero attached hydrogens (tertiary/aromatic N) is 5. The molecule has 1 amide bonds. The number of nitriles is 1. The molecule has 0 aliphatic carbocycles. The molecule has 1 aliphatic rings. The maximum atomic E-state index is 11.1. The Balaban J connectivity index is 1.54. The van der Waals surface area contributed by atoms with Gasteiger partial charge in [0, 0.05) is 31.8 Å². The van der Waals surface area contributed by atoms with Gasteiger partial charge in [-0.1, -0.05) is 6.07 Å². The second kappa shape index (κ2) is 8.77. The number of hydrogen-bond acceptors (Lipinski definition) is 8. The van der Waals surface area contributed by atoms with Gasteiger partial charge in [0.15, 0.2) is 0 Å². The van der Waals surface area contributed by atoms with Gasteiger partial charge in [-0.2, -0.15) is 5.26 Å². The number of β-amino-alcohol motifs (C(OH)–C–C–N with tert-alkyl or cyclic N) is 1. The van der Waals surface area contributed by atoms with Crippen molar-refractivity contribution in [3.8, 4) is 17.3 Å². The van der Waals surface area contributed by atoms with Crippen molar-refractivity contribution in [1.29, 1.82) is 5.26 Å². The maximum Gasteiger partial charge on any atom is 0.227 e. The molecule has 4 rings (SSSR count). The number of aliphatic hydroxyl groups excluding tert-OH is 1. The molecule has 0 bridgehead atoms. The third kappa shape index (κ3) is 4.76. The fraction of sp³-hybridized carbons (Fsp3) is 0.227. The smallest absolute Gasteiger partial charge is 0.227 e. The molecule has 31 heavy (non-hydrogen) atoms. The zero-order valence-electron chi connectivity index (χ0n) is 16.9. The van der Waals surface area contributed by atoms with Gasteiger partial charge in [-0.25, -0.2) is 15.0 Å². The van der Waals surface area contributed by atoms with Crippen LogP contribution in [-0.4, -0.2) is 45.2 Å². The highest BCUT2D eigenvalue weighted by Crippen LogP contribution is 2.29. The van der Waals surface area contributed by atoms with Crippen LogP contribution in [0.5, 0.6) is 0 Å². The molecule has 156 valence electrons. The second-order valence-electron chi connectivity index (χ2n) is 7.24. The molecule has 1 aromatic carbocycles. The molecule has 0 spiro atoms. The fourth-order valence-corrected chi connectivity index (χ4v) is 3.45. The molecule has 1 saturated heterocycles. The Hall–Kier alpha value is -4.03. The van der Waals surface area contributed by atoms with E-state index in [1.54, 1.807) is 36.7 Å². The van der Waals surface area contributed by atoms with E-state index in [1.165, 1.54) is 6.92 Å². The Morgan fingerprint density at radius 2 is 2.13 bits per heavy atom. The number of aliphatic hydroxyl groups is 1. The van der Waals surface area contributed by atoms with Gasteiger partial charge >= 0.3 is 0 Å². The zero-order valence-corrected chi connectivity index (χ0v) is 16.9. The summed E-state index contributed by atoms with van der Waals surface area (Å²) in [5.41, 5.74) is 3.50. The van der Waals surface area contributed by atoms with Gasteiger partial charge in [-0.05, 0) is 36.8 Å². The first-order chi connectivity index (χ1) is 15.0. The lowest BCUT2D eigenvalue weighted by Gasteiger charge is -2.19. The average molecular weight is 415 g/mol. The Morgan fingerprint density at radius 1 is 1.26 bits per heavy atom. The number of pyridine rings is 1. The number of aromatic nitrogens is 3. The number of amides is 1. The van der Waals surface area contributed by atoms with Gasteiger partial charge in [0.05, 0.1) is 34.9 Å². The monoisotopic (exact) mass is 415 g/mol. The van der Waals surface area contributed by atoms with Gasteiger partial charge in [-0.15, -0.1) is 0 Å². The molecule has 1 atom stereocenters. The molecule has 0 saturated carbocycles. The summed E-state index contributed by atoms with van der Waals surface area (Å²) in [6.45, 7) is 2.68. The number of carbonyl (C=O) groups is 1. The van der Waals surface area contributed by atoms with E-state index in [0.29, 0.717) is 41.7 Å². The summed E-state index contributed by atoms with van der Waals surface area (Å²) in [6, 6.07) is 13.1. The Kier molecular flexibility index (Phi) is 5.73. The largest absolute Gasteiger partial charge is 0.391 e. The molecular formula is C22H21N7O2. The highest BCUT2D eigenvalue weighted by molar-refractivity contribution is 5.87. The highest BCUT2D eigenvalue weighted by atomic mass is 16.3. The molecule has 9 heteroatoms. The van der Waals surface area contributed by atoms with Crippen LogP contribution in [0.1, 0.15) is 18.9 Å². The first-order valence-electron chi connectivity index (χ1n) is 9.83. The first-order valence-corrected chi connectivity index (χ1v) is 9.83. The van der Waals surface area contributed by atoms with Crippen LogP contribution >= 0.6 is 0 Å².